The van der Waals surface area contributed by atoms with Crippen molar-refractivity contribution in [2.75, 3.05) is 18.5 Å². The highest BCUT2D eigenvalue weighted by molar-refractivity contribution is 9.09. The van der Waals surface area contributed by atoms with Crippen LogP contribution in [0.2, 0.25) is 5.02 Å². The Hall–Kier alpha value is -0.650. The molecule has 3 nitrogen and oxygen atoms in total. The van der Waals surface area contributed by atoms with Crippen LogP contribution in [0, 0.1) is 5.82 Å². The second-order valence-corrected chi connectivity index (χ2v) is 5.62. The molecule has 104 valence electrons. The normalized spacial score (nSPS) is 23.5. The number of hydrogen-bond acceptors (Lipinski definition) is 2. The van der Waals surface area contributed by atoms with Crippen LogP contribution in [-0.2, 0) is 4.74 Å². The first-order valence-corrected chi connectivity index (χ1v) is 7.46. The Labute approximate surface area is 124 Å². The number of nitrogens with zero attached hydrogens (tertiary/aromatic N) is 1. The number of ether oxygens (including phenoxy) is 1. The van der Waals surface area contributed by atoms with Crippen LogP contribution in [0.4, 0.5) is 4.39 Å². The Kier molecular flexibility index (Phi) is 4.81. The van der Waals surface area contributed by atoms with Gasteiger partial charge in [-0.15, -0.1) is 0 Å². The van der Waals surface area contributed by atoms with E-state index < -0.39 is 5.82 Å². The van der Waals surface area contributed by atoms with Crippen molar-refractivity contribution in [3.05, 3.63) is 34.6 Å². The zero-order valence-electron chi connectivity index (χ0n) is 10.4. The molecule has 2 unspecified atom stereocenters. The van der Waals surface area contributed by atoms with Crippen LogP contribution in [0.1, 0.15) is 17.3 Å². The van der Waals surface area contributed by atoms with Gasteiger partial charge in [0.25, 0.3) is 5.91 Å². The molecule has 1 heterocycles. The van der Waals surface area contributed by atoms with E-state index >= 15 is 0 Å². The zero-order chi connectivity index (χ0) is 14.0. The Bertz CT molecular complexity index is 486. The van der Waals surface area contributed by atoms with Crippen LogP contribution in [0.5, 0.6) is 0 Å². The number of hydrogen-bond donors (Lipinski definition) is 0. The molecule has 6 heteroatoms. The molecular weight excluding hydrogens is 337 g/mol. The average Bonchev–Trinajstić information content (AvgIpc) is 2.38. The number of carbonyl (C=O) groups is 1. The first-order chi connectivity index (χ1) is 9.02. The van der Waals surface area contributed by atoms with Crippen molar-refractivity contribution in [1.82, 2.24) is 4.90 Å². The molecule has 1 aliphatic rings. The molecule has 0 bridgehead atoms. The van der Waals surface area contributed by atoms with Crippen molar-refractivity contribution in [3.63, 3.8) is 0 Å². The van der Waals surface area contributed by atoms with Gasteiger partial charge in [0, 0.05) is 16.9 Å². The summed E-state index contributed by atoms with van der Waals surface area (Å²) in [6, 6.07) is 4.02. The third-order valence-electron chi connectivity index (χ3n) is 3.10. The fourth-order valence-electron chi connectivity index (χ4n) is 2.01. The van der Waals surface area contributed by atoms with Gasteiger partial charge in [0.15, 0.2) is 0 Å². The van der Waals surface area contributed by atoms with Crippen molar-refractivity contribution in [1.29, 1.82) is 0 Å². The van der Waals surface area contributed by atoms with E-state index in [9.17, 15) is 9.18 Å². The minimum atomic E-state index is -0.591. The topological polar surface area (TPSA) is 29.5 Å². The molecule has 1 aromatic carbocycles. The van der Waals surface area contributed by atoms with Crippen molar-refractivity contribution >= 4 is 33.4 Å². The summed E-state index contributed by atoms with van der Waals surface area (Å²) in [5.41, 5.74) is 0.0477. The number of benzene rings is 1. The first kappa shape index (κ1) is 14.8. The maximum atomic E-state index is 13.8. The van der Waals surface area contributed by atoms with Gasteiger partial charge in [-0.2, -0.15) is 0 Å². The SMILES string of the molecule is CC1COC(CBr)CN1C(=O)c1ccc(Cl)cc1F. The monoisotopic (exact) mass is 349 g/mol. The molecule has 2 atom stereocenters. The molecule has 0 spiro atoms. The van der Waals surface area contributed by atoms with Gasteiger partial charge < -0.3 is 9.64 Å². The van der Waals surface area contributed by atoms with Gasteiger partial charge in [0.05, 0.1) is 24.3 Å². The summed E-state index contributed by atoms with van der Waals surface area (Å²) in [4.78, 5) is 14.0. The highest BCUT2D eigenvalue weighted by Gasteiger charge is 2.30. The lowest BCUT2D eigenvalue weighted by Gasteiger charge is -2.37. The highest BCUT2D eigenvalue weighted by Crippen LogP contribution is 2.20. The molecule has 0 aliphatic carbocycles. The van der Waals surface area contributed by atoms with Crippen molar-refractivity contribution in [2.24, 2.45) is 0 Å². The fraction of sp³-hybridized carbons (Fsp3) is 0.462. The predicted molar refractivity (Wildman–Crippen MR) is 75.4 cm³/mol. The first-order valence-electron chi connectivity index (χ1n) is 5.96. The molecule has 2 rings (SSSR count). The van der Waals surface area contributed by atoms with Crippen LogP contribution < -0.4 is 0 Å². The highest BCUT2D eigenvalue weighted by atomic mass is 79.9. The van der Waals surface area contributed by atoms with Crippen molar-refractivity contribution in [3.8, 4) is 0 Å². The lowest BCUT2D eigenvalue weighted by molar-refractivity contribution is -0.0363. The maximum Gasteiger partial charge on any atom is 0.257 e. The number of amides is 1. The lowest BCUT2D eigenvalue weighted by Crippen LogP contribution is -2.51. The fourth-order valence-corrected chi connectivity index (χ4v) is 2.56. The lowest BCUT2D eigenvalue weighted by atomic mass is 10.1. The number of carbonyl (C=O) groups excluding carboxylic acids is 1. The third-order valence-corrected chi connectivity index (χ3v) is 4.06. The van der Waals surface area contributed by atoms with Gasteiger partial charge in [0.2, 0.25) is 0 Å². The van der Waals surface area contributed by atoms with E-state index in [1.54, 1.807) is 4.90 Å². The number of alkyl halides is 1. The van der Waals surface area contributed by atoms with Crippen LogP contribution >= 0.6 is 27.5 Å². The Morgan fingerprint density at radius 2 is 2.37 bits per heavy atom. The summed E-state index contributed by atoms with van der Waals surface area (Å²) >= 11 is 9.02. The summed E-state index contributed by atoms with van der Waals surface area (Å²) in [6.45, 7) is 2.79. The van der Waals surface area contributed by atoms with E-state index in [4.69, 9.17) is 16.3 Å². The van der Waals surface area contributed by atoms with Gasteiger partial charge >= 0.3 is 0 Å². The van der Waals surface area contributed by atoms with Gasteiger partial charge in [-0.05, 0) is 25.1 Å². The smallest absolute Gasteiger partial charge is 0.257 e. The molecular formula is C13H14BrClFNO2. The molecule has 0 radical (unpaired) electrons. The van der Waals surface area contributed by atoms with Gasteiger partial charge in [-0.25, -0.2) is 4.39 Å². The summed E-state index contributed by atoms with van der Waals surface area (Å²) in [5, 5.41) is 0.925. The standard InChI is InChI=1S/C13H14BrClFNO2/c1-8-7-19-10(5-14)6-17(8)13(18)11-3-2-9(15)4-12(11)16/h2-4,8,10H,5-7H2,1H3. The molecule has 1 aromatic rings. The van der Waals surface area contributed by atoms with Crippen LogP contribution in [-0.4, -0.2) is 41.4 Å². The molecule has 1 amide bonds. The van der Waals surface area contributed by atoms with E-state index in [-0.39, 0.29) is 28.6 Å². The molecule has 1 fully saturated rings. The second-order valence-electron chi connectivity index (χ2n) is 4.54. The van der Waals surface area contributed by atoms with Crippen LogP contribution in [0.25, 0.3) is 0 Å². The Morgan fingerprint density at radius 3 is 3.00 bits per heavy atom. The average molecular weight is 351 g/mol. The van der Waals surface area contributed by atoms with E-state index in [2.05, 4.69) is 15.9 Å². The number of morpholine rings is 1. The molecule has 19 heavy (non-hydrogen) atoms. The van der Waals surface area contributed by atoms with Gasteiger partial charge in [0.1, 0.15) is 5.82 Å². The third kappa shape index (κ3) is 3.27. The second kappa shape index (κ2) is 6.20. The number of halogens is 3. The largest absolute Gasteiger partial charge is 0.373 e. The van der Waals surface area contributed by atoms with E-state index in [0.29, 0.717) is 18.5 Å². The zero-order valence-corrected chi connectivity index (χ0v) is 12.7. The van der Waals surface area contributed by atoms with Crippen molar-refractivity contribution < 1.29 is 13.9 Å². The molecule has 0 saturated carbocycles. The summed E-state index contributed by atoms with van der Waals surface area (Å²) in [7, 11) is 0. The molecule has 0 N–H and O–H groups in total. The summed E-state index contributed by atoms with van der Waals surface area (Å²) in [6.07, 6.45) is -0.0597. The van der Waals surface area contributed by atoms with Crippen LogP contribution in [0.15, 0.2) is 18.2 Å². The Balaban J connectivity index is 2.22. The van der Waals surface area contributed by atoms with E-state index in [0.717, 1.165) is 6.07 Å². The summed E-state index contributed by atoms with van der Waals surface area (Å²) < 4.78 is 19.3. The Morgan fingerprint density at radius 1 is 1.63 bits per heavy atom. The molecule has 0 aromatic heterocycles. The molecule has 1 aliphatic heterocycles. The van der Waals surface area contributed by atoms with Crippen molar-refractivity contribution in [2.45, 2.75) is 19.1 Å². The predicted octanol–water partition coefficient (Wildman–Crippen LogP) is 3.10. The van der Waals surface area contributed by atoms with Gasteiger partial charge in [-0.1, -0.05) is 27.5 Å². The van der Waals surface area contributed by atoms with E-state index in [1.165, 1.54) is 12.1 Å². The van der Waals surface area contributed by atoms with E-state index in [1.807, 2.05) is 6.92 Å². The minimum absolute atomic E-state index is 0.0477. The quantitative estimate of drug-likeness (QED) is 0.767. The maximum absolute atomic E-state index is 13.8. The summed E-state index contributed by atoms with van der Waals surface area (Å²) in [5.74, 6) is -0.914. The van der Waals surface area contributed by atoms with Crippen LogP contribution in [0.3, 0.4) is 0 Å². The number of rotatable bonds is 2. The minimum Gasteiger partial charge on any atom is -0.373 e. The molecule has 1 saturated heterocycles. The van der Waals surface area contributed by atoms with Gasteiger partial charge in [-0.3, -0.25) is 4.79 Å².